The molecule has 0 fully saturated rings. The van der Waals surface area contributed by atoms with E-state index in [9.17, 15) is 10.1 Å². The van der Waals surface area contributed by atoms with E-state index in [1.54, 1.807) is 23.8 Å². The van der Waals surface area contributed by atoms with Crippen LogP contribution in [-0.2, 0) is 11.8 Å². The third kappa shape index (κ3) is 3.34. The van der Waals surface area contributed by atoms with Crippen LogP contribution in [0.2, 0.25) is 0 Å². The average Bonchev–Trinajstić information content (AvgIpc) is 2.80. The Bertz CT molecular complexity index is 695. The first kappa shape index (κ1) is 15.3. The zero-order valence-corrected chi connectivity index (χ0v) is 12.6. The quantitative estimate of drug-likeness (QED) is 0.503. The molecule has 0 spiro atoms. The normalized spacial score (nSPS) is 12.3. The predicted octanol–water partition coefficient (Wildman–Crippen LogP) is 2.55. The Kier molecular flexibility index (Phi) is 4.81. The van der Waals surface area contributed by atoms with Gasteiger partial charge in [0.2, 0.25) is 0 Å². The van der Waals surface area contributed by atoms with E-state index in [-0.39, 0.29) is 11.6 Å². The fraction of sp³-hybridized carbons (Fsp3) is 0.385. The number of H-pyrrole nitrogens is 1. The van der Waals surface area contributed by atoms with E-state index in [1.165, 1.54) is 6.07 Å². The molecule has 0 aliphatic heterocycles. The Morgan fingerprint density at radius 1 is 1.57 bits per heavy atom. The van der Waals surface area contributed by atoms with Gasteiger partial charge in [-0.1, -0.05) is 12.1 Å². The SMILES string of the molecule is COCCC(c1cccc([N+](=O)[O-])c1)c1n[nH]c(=S)n1C. The minimum Gasteiger partial charge on any atom is -0.385 e. The molecule has 1 aromatic heterocycles. The van der Waals surface area contributed by atoms with Crippen LogP contribution >= 0.6 is 12.2 Å². The number of methoxy groups -OCH3 is 1. The molecular weight excluding hydrogens is 292 g/mol. The molecule has 8 heteroatoms. The van der Waals surface area contributed by atoms with Crippen LogP contribution < -0.4 is 0 Å². The number of benzene rings is 1. The van der Waals surface area contributed by atoms with Crippen molar-refractivity contribution in [2.24, 2.45) is 7.05 Å². The molecule has 0 saturated carbocycles. The van der Waals surface area contributed by atoms with E-state index >= 15 is 0 Å². The second kappa shape index (κ2) is 6.59. The number of aromatic amines is 1. The molecule has 0 aliphatic carbocycles. The maximum absolute atomic E-state index is 10.9. The summed E-state index contributed by atoms with van der Waals surface area (Å²) in [7, 11) is 3.44. The molecular formula is C13H16N4O3S. The summed E-state index contributed by atoms with van der Waals surface area (Å²) in [5.41, 5.74) is 0.880. The molecule has 1 unspecified atom stereocenters. The number of ether oxygens (including phenoxy) is 1. The monoisotopic (exact) mass is 308 g/mol. The van der Waals surface area contributed by atoms with Crippen molar-refractivity contribution in [3.8, 4) is 0 Å². The molecule has 1 heterocycles. The highest BCUT2D eigenvalue weighted by atomic mass is 32.1. The lowest BCUT2D eigenvalue weighted by molar-refractivity contribution is -0.384. The molecule has 1 atom stereocenters. The Labute approximate surface area is 126 Å². The van der Waals surface area contributed by atoms with Crippen molar-refractivity contribution in [3.63, 3.8) is 0 Å². The Balaban J connectivity index is 2.45. The number of nitro groups is 1. The third-order valence-electron chi connectivity index (χ3n) is 3.32. The average molecular weight is 308 g/mol. The molecule has 21 heavy (non-hydrogen) atoms. The molecule has 0 amide bonds. The molecule has 0 radical (unpaired) electrons. The molecule has 1 aromatic carbocycles. The molecule has 2 rings (SSSR count). The fourth-order valence-electron chi connectivity index (χ4n) is 2.21. The molecule has 0 saturated heterocycles. The van der Waals surface area contributed by atoms with Crippen LogP contribution in [0.5, 0.6) is 0 Å². The van der Waals surface area contributed by atoms with E-state index in [0.29, 0.717) is 17.8 Å². The Morgan fingerprint density at radius 3 is 2.90 bits per heavy atom. The summed E-state index contributed by atoms with van der Waals surface area (Å²) in [6.45, 7) is 0.521. The van der Waals surface area contributed by atoms with Gasteiger partial charge >= 0.3 is 0 Å². The van der Waals surface area contributed by atoms with Crippen LogP contribution in [0.3, 0.4) is 0 Å². The van der Waals surface area contributed by atoms with Crippen molar-refractivity contribution >= 4 is 17.9 Å². The zero-order chi connectivity index (χ0) is 15.4. The first-order chi connectivity index (χ1) is 10.0. The second-order valence-corrected chi connectivity index (χ2v) is 5.02. The number of rotatable bonds is 6. The number of hydrogen-bond acceptors (Lipinski definition) is 5. The van der Waals surface area contributed by atoms with Crippen molar-refractivity contribution in [2.45, 2.75) is 12.3 Å². The van der Waals surface area contributed by atoms with Gasteiger partial charge in [-0.05, 0) is 24.2 Å². The number of nitro benzene ring substituents is 1. The van der Waals surface area contributed by atoms with E-state index in [4.69, 9.17) is 17.0 Å². The molecule has 112 valence electrons. The molecule has 0 bridgehead atoms. The lowest BCUT2D eigenvalue weighted by Crippen LogP contribution is -2.11. The lowest BCUT2D eigenvalue weighted by Gasteiger charge is -2.16. The van der Waals surface area contributed by atoms with Crippen molar-refractivity contribution in [1.29, 1.82) is 0 Å². The Hall–Kier alpha value is -2.06. The maximum Gasteiger partial charge on any atom is 0.269 e. The van der Waals surface area contributed by atoms with Crippen LogP contribution in [0, 0.1) is 14.9 Å². The van der Waals surface area contributed by atoms with Crippen molar-refractivity contribution in [1.82, 2.24) is 14.8 Å². The fourth-order valence-corrected chi connectivity index (χ4v) is 2.35. The first-order valence-electron chi connectivity index (χ1n) is 6.39. The van der Waals surface area contributed by atoms with E-state index in [1.807, 2.05) is 13.1 Å². The topological polar surface area (TPSA) is 86.0 Å². The van der Waals surface area contributed by atoms with Gasteiger partial charge in [0.25, 0.3) is 5.69 Å². The van der Waals surface area contributed by atoms with Crippen molar-refractivity contribution < 1.29 is 9.66 Å². The van der Waals surface area contributed by atoms with Gasteiger partial charge in [0.05, 0.1) is 4.92 Å². The summed E-state index contributed by atoms with van der Waals surface area (Å²) < 4.78 is 7.42. The maximum atomic E-state index is 10.9. The highest BCUT2D eigenvalue weighted by Gasteiger charge is 2.21. The van der Waals surface area contributed by atoms with Gasteiger partial charge in [0.15, 0.2) is 4.77 Å². The van der Waals surface area contributed by atoms with Crippen LogP contribution in [0.15, 0.2) is 24.3 Å². The van der Waals surface area contributed by atoms with Gasteiger partial charge in [-0.3, -0.25) is 15.2 Å². The van der Waals surface area contributed by atoms with Crippen LogP contribution in [0.25, 0.3) is 0 Å². The minimum absolute atomic E-state index is 0.0618. The lowest BCUT2D eigenvalue weighted by atomic mass is 9.94. The Morgan fingerprint density at radius 2 is 2.33 bits per heavy atom. The summed E-state index contributed by atoms with van der Waals surface area (Å²) in [4.78, 5) is 10.5. The number of non-ortho nitro benzene ring substituents is 1. The summed E-state index contributed by atoms with van der Waals surface area (Å²) in [6.07, 6.45) is 0.658. The standard InChI is InChI=1S/C13H16N4O3S/c1-16-12(14-15-13(16)21)11(6-7-20-2)9-4-3-5-10(8-9)17(18)19/h3-5,8,11H,6-7H2,1-2H3,(H,15,21). The van der Waals surface area contributed by atoms with E-state index in [2.05, 4.69) is 10.2 Å². The molecule has 0 aliphatic rings. The minimum atomic E-state index is -0.403. The summed E-state index contributed by atoms with van der Waals surface area (Å²) in [5, 5.41) is 17.9. The van der Waals surface area contributed by atoms with Crippen LogP contribution in [0.1, 0.15) is 23.7 Å². The van der Waals surface area contributed by atoms with Crippen LogP contribution in [-0.4, -0.2) is 33.4 Å². The van der Waals surface area contributed by atoms with Crippen LogP contribution in [0.4, 0.5) is 5.69 Å². The zero-order valence-electron chi connectivity index (χ0n) is 11.8. The second-order valence-electron chi connectivity index (χ2n) is 4.63. The molecule has 2 aromatic rings. The molecule has 1 N–H and O–H groups in total. The third-order valence-corrected chi connectivity index (χ3v) is 3.69. The van der Waals surface area contributed by atoms with Gasteiger partial charge in [-0.25, -0.2) is 0 Å². The largest absolute Gasteiger partial charge is 0.385 e. The number of aromatic nitrogens is 3. The summed E-state index contributed by atoms with van der Waals surface area (Å²) in [6, 6.07) is 6.57. The van der Waals surface area contributed by atoms with Gasteiger partial charge in [-0.2, -0.15) is 5.10 Å². The van der Waals surface area contributed by atoms with E-state index < -0.39 is 4.92 Å². The first-order valence-corrected chi connectivity index (χ1v) is 6.80. The van der Waals surface area contributed by atoms with Gasteiger partial charge in [0.1, 0.15) is 5.82 Å². The summed E-state index contributed by atoms with van der Waals surface area (Å²) in [5.74, 6) is 0.611. The van der Waals surface area contributed by atoms with Gasteiger partial charge < -0.3 is 9.30 Å². The predicted molar refractivity (Wildman–Crippen MR) is 79.8 cm³/mol. The van der Waals surface area contributed by atoms with Gasteiger partial charge in [-0.15, -0.1) is 0 Å². The number of nitrogens with zero attached hydrogens (tertiary/aromatic N) is 3. The molecule has 7 nitrogen and oxygen atoms in total. The summed E-state index contributed by atoms with van der Waals surface area (Å²) >= 11 is 5.13. The van der Waals surface area contributed by atoms with Crippen molar-refractivity contribution in [2.75, 3.05) is 13.7 Å². The van der Waals surface area contributed by atoms with Gasteiger partial charge in [0, 0.05) is 38.8 Å². The number of hydrogen-bond donors (Lipinski definition) is 1. The smallest absolute Gasteiger partial charge is 0.269 e. The number of nitrogens with one attached hydrogen (secondary N) is 1. The highest BCUT2D eigenvalue weighted by Crippen LogP contribution is 2.28. The highest BCUT2D eigenvalue weighted by molar-refractivity contribution is 7.71. The van der Waals surface area contributed by atoms with Crippen molar-refractivity contribution in [3.05, 3.63) is 50.5 Å². The van der Waals surface area contributed by atoms with E-state index in [0.717, 1.165) is 11.4 Å².